The fourth-order valence-electron chi connectivity index (χ4n) is 3.59. The molecule has 0 aliphatic heterocycles. The van der Waals surface area contributed by atoms with Crippen molar-refractivity contribution in [3.63, 3.8) is 0 Å². The van der Waals surface area contributed by atoms with Crippen LogP contribution in [0.4, 0.5) is 13.2 Å². The average molecular weight is 278 g/mol. The molecule has 5 rings (SSSR count). The van der Waals surface area contributed by atoms with Gasteiger partial charge in [0.05, 0.1) is 11.4 Å². The van der Waals surface area contributed by atoms with Crippen LogP contribution < -0.4 is 0 Å². The summed E-state index contributed by atoms with van der Waals surface area (Å²) in [6.45, 7) is 0. The molecule has 0 unspecified atom stereocenters. The zero-order valence-electron chi connectivity index (χ0n) is 11.0. The van der Waals surface area contributed by atoms with Gasteiger partial charge in [0.15, 0.2) is 17.5 Å². The average Bonchev–Trinajstić information content (AvgIpc) is 2.70. The molecule has 0 radical (unpaired) electrons. The number of hydrogen-bond acceptors (Lipinski definition) is 1. The standard InChI is InChI=1S/C15H13F3N2/c1-20-15(9-5-11(16)13(18)12(17)6-9)10-4-7-2-8(3-7)14(10)19-20/h5-8H,2-4H2,1H3. The van der Waals surface area contributed by atoms with E-state index < -0.39 is 17.5 Å². The molecule has 0 N–H and O–H groups in total. The Labute approximate surface area is 114 Å². The molecule has 1 heterocycles. The first-order valence-corrected chi connectivity index (χ1v) is 6.75. The first-order valence-electron chi connectivity index (χ1n) is 6.75. The number of nitrogens with zero attached hydrogens (tertiary/aromatic N) is 2. The molecule has 2 nitrogen and oxygen atoms in total. The predicted molar refractivity (Wildman–Crippen MR) is 67.7 cm³/mol. The number of aryl methyl sites for hydroxylation is 1. The van der Waals surface area contributed by atoms with Crippen LogP contribution in [0.3, 0.4) is 0 Å². The fraction of sp³-hybridized carbons (Fsp3) is 0.400. The highest BCUT2D eigenvalue weighted by Crippen LogP contribution is 2.51. The maximum Gasteiger partial charge on any atom is 0.194 e. The van der Waals surface area contributed by atoms with Gasteiger partial charge in [-0.05, 0) is 37.3 Å². The molecule has 104 valence electrons. The Kier molecular flexibility index (Phi) is 2.32. The third-order valence-corrected chi connectivity index (χ3v) is 4.55. The summed E-state index contributed by atoms with van der Waals surface area (Å²) in [6.07, 6.45) is 3.22. The highest BCUT2D eigenvalue weighted by atomic mass is 19.2. The van der Waals surface area contributed by atoms with E-state index in [0.717, 1.165) is 42.7 Å². The van der Waals surface area contributed by atoms with Crippen LogP contribution >= 0.6 is 0 Å². The Morgan fingerprint density at radius 3 is 2.45 bits per heavy atom. The third-order valence-electron chi connectivity index (χ3n) is 4.55. The lowest BCUT2D eigenvalue weighted by molar-refractivity contribution is 0.233. The van der Waals surface area contributed by atoms with Crippen LogP contribution in [0.5, 0.6) is 0 Å². The quantitative estimate of drug-likeness (QED) is 0.729. The van der Waals surface area contributed by atoms with Crippen LogP contribution in [0.2, 0.25) is 0 Å². The topological polar surface area (TPSA) is 17.8 Å². The minimum Gasteiger partial charge on any atom is -0.267 e. The Morgan fingerprint density at radius 2 is 1.80 bits per heavy atom. The smallest absolute Gasteiger partial charge is 0.194 e. The van der Waals surface area contributed by atoms with Crippen LogP contribution in [-0.2, 0) is 13.5 Å². The molecule has 2 aromatic rings. The lowest BCUT2D eigenvalue weighted by Gasteiger charge is -2.40. The monoisotopic (exact) mass is 278 g/mol. The van der Waals surface area contributed by atoms with Crippen molar-refractivity contribution in [1.82, 2.24) is 9.78 Å². The Morgan fingerprint density at radius 1 is 1.15 bits per heavy atom. The summed E-state index contributed by atoms with van der Waals surface area (Å²) < 4.78 is 41.6. The van der Waals surface area contributed by atoms with E-state index in [9.17, 15) is 13.2 Å². The summed E-state index contributed by atoms with van der Waals surface area (Å²) in [4.78, 5) is 0. The molecule has 1 saturated carbocycles. The van der Waals surface area contributed by atoms with Crippen molar-refractivity contribution in [2.45, 2.75) is 25.2 Å². The second-order valence-corrected chi connectivity index (χ2v) is 5.83. The molecule has 0 spiro atoms. The molecule has 0 atom stereocenters. The molecule has 3 aliphatic carbocycles. The van der Waals surface area contributed by atoms with E-state index in [1.54, 1.807) is 11.7 Å². The molecule has 5 heteroatoms. The second-order valence-electron chi connectivity index (χ2n) is 5.83. The molecule has 1 aromatic heterocycles. The normalized spacial score (nSPS) is 23.4. The van der Waals surface area contributed by atoms with E-state index in [2.05, 4.69) is 5.10 Å². The van der Waals surface area contributed by atoms with Gasteiger partial charge in [0.2, 0.25) is 0 Å². The van der Waals surface area contributed by atoms with Gasteiger partial charge in [0.25, 0.3) is 0 Å². The van der Waals surface area contributed by atoms with E-state index in [-0.39, 0.29) is 0 Å². The number of aromatic nitrogens is 2. The summed E-state index contributed by atoms with van der Waals surface area (Å²) in [6, 6.07) is 2.10. The van der Waals surface area contributed by atoms with E-state index in [1.165, 1.54) is 0 Å². The van der Waals surface area contributed by atoms with Gasteiger partial charge in [0, 0.05) is 24.1 Å². The third kappa shape index (κ3) is 1.49. The van der Waals surface area contributed by atoms with Crippen LogP contribution in [0, 0.1) is 23.4 Å². The molecule has 0 amide bonds. The van der Waals surface area contributed by atoms with Crippen molar-refractivity contribution >= 4 is 0 Å². The zero-order valence-corrected chi connectivity index (χ0v) is 11.0. The highest BCUT2D eigenvalue weighted by molar-refractivity contribution is 5.66. The van der Waals surface area contributed by atoms with Crippen molar-refractivity contribution in [2.24, 2.45) is 13.0 Å². The second kappa shape index (κ2) is 3.87. The van der Waals surface area contributed by atoms with Gasteiger partial charge in [-0.3, -0.25) is 4.68 Å². The van der Waals surface area contributed by atoms with Crippen molar-refractivity contribution < 1.29 is 13.2 Å². The largest absolute Gasteiger partial charge is 0.267 e. The van der Waals surface area contributed by atoms with Crippen LogP contribution in [0.1, 0.15) is 30.0 Å². The maximum atomic E-state index is 13.4. The minimum atomic E-state index is -1.42. The summed E-state index contributed by atoms with van der Waals surface area (Å²) in [5.41, 5.74) is 3.20. The van der Waals surface area contributed by atoms with Gasteiger partial charge < -0.3 is 0 Å². The molecular weight excluding hydrogens is 265 g/mol. The number of hydrogen-bond donors (Lipinski definition) is 0. The first kappa shape index (κ1) is 12.0. The van der Waals surface area contributed by atoms with Gasteiger partial charge >= 0.3 is 0 Å². The number of rotatable bonds is 1. The van der Waals surface area contributed by atoms with E-state index in [0.29, 0.717) is 23.1 Å². The fourth-order valence-corrected chi connectivity index (χ4v) is 3.59. The lowest BCUT2D eigenvalue weighted by Crippen LogP contribution is -2.30. The van der Waals surface area contributed by atoms with E-state index in [1.807, 2.05) is 0 Å². The first-order chi connectivity index (χ1) is 9.54. The molecule has 1 aromatic carbocycles. The van der Waals surface area contributed by atoms with Crippen molar-refractivity contribution in [2.75, 3.05) is 0 Å². The predicted octanol–water partition coefficient (Wildman–Crippen LogP) is 3.55. The Balaban J connectivity index is 1.91. The van der Waals surface area contributed by atoms with E-state index in [4.69, 9.17) is 0 Å². The summed E-state index contributed by atoms with van der Waals surface area (Å²) >= 11 is 0. The molecule has 3 aliphatic rings. The summed E-state index contributed by atoms with van der Waals surface area (Å²) in [5.74, 6) is -2.59. The van der Waals surface area contributed by atoms with Crippen molar-refractivity contribution in [3.05, 3.63) is 40.8 Å². The van der Waals surface area contributed by atoms with Crippen molar-refractivity contribution in [3.8, 4) is 11.3 Å². The zero-order chi connectivity index (χ0) is 14.0. The van der Waals surface area contributed by atoms with Crippen LogP contribution in [0.15, 0.2) is 12.1 Å². The molecule has 2 bridgehead atoms. The SMILES string of the molecule is Cn1nc2c(c1-c1cc(F)c(F)c(F)c1)CC1CC2C1. The van der Waals surface area contributed by atoms with Crippen molar-refractivity contribution in [1.29, 1.82) is 0 Å². The van der Waals surface area contributed by atoms with Crippen LogP contribution in [0.25, 0.3) is 11.3 Å². The van der Waals surface area contributed by atoms with Gasteiger partial charge in [0.1, 0.15) is 0 Å². The molecule has 0 saturated heterocycles. The highest BCUT2D eigenvalue weighted by Gasteiger charge is 2.41. The molecule has 1 fully saturated rings. The summed E-state index contributed by atoms with van der Waals surface area (Å²) in [5, 5.41) is 4.51. The van der Waals surface area contributed by atoms with Gasteiger partial charge in [-0.25, -0.2) is 13.2 Å². The van der Waals surface area contributed by atoms with Gasteiger partial charge in [-0.15, -0.1) is 0 Å². The van der Waals surface area contributed by atoms with Crippen LogP contribution in [-0.4, -0.2) is 9.78 Å². The molecule has 20 heavy (non-hydrogen) atoms. The number of benzene rings is 1. The van der Waals surface area contributed by atoms with Gasteiger partial charge in [-0.1, -0.05) is 0 Å². The van der Waals surface area contributed by atoms with Gasteiger partial charge in [-0.2, -0.15) is 5.10 Å². The number of halogens is 3. The van der Waals surface area contributed by atoms with E-state index >= 15 is 0 Å². The summed E-state index contributed by atoms with van der Waals surface area (Å²) in [7, 11) is 1.77. The minimum absolute atomic E-state index is 0.360. The lowest BCUT2D eigenvalue weighted by atomic mass is 9.64. The molecular formula is C15H13F3N2. The maximum absolute atomic E-state index is 13.4. The Hall–Kier alpha value is -1.78. The Bertz CT molecular complexity index is 691.